The van der Waals surface area contributed by atoms with Crippen LogP contribution in [0.2, 0.25) is 0 Å². The summed E-state index contributed by atoms with van der Waals surface area (Å²) in [7, 11) is 0. The molecule has 0 atom stereocenters. The van der Waals surface area contributed by atoms with Gasteiger partial charge in [0.05, 0.1) is 16.7 Å². The summed E-state index contributed by atoms with van der Waals surface area (Å²) < 4.78 is 8.90. The van der Waals surface area contributed by atoms with Crippen molar-refractivity contribution in [1.29, 1.82) is 0 Å². The van der Waals surface area contributed by atoms with Crippen LogP contribution in [0, 0.1) is 0 Å². The number of hydrogen-bond acceptors (Lipinski definition) is 2. The van der Waals surface area contributed by atoms with Crippen LogP contribution in [0.1, 0.15) is 26.3 Å². The molecule has 3 nitrogen and oxygen atoms in total. The normalized spacial score (nSPS) is 12.4. The van der Waals surface area contributed by atoms with Gasteiger partial charge in [-0.3, -0.25) is 0 Å². The van der Waals surface area contributed by atoms with E-state index in [0.717, 1.165) is 50.1 Å². The van der Waals surface area contributed by atoms with E-state index in [1.54, 1.807) is 0 Å². The predicted octanol–water partition coefficient (Wildman–Crippen LogP) is 17.1. The fourth-order valence-corrected chi connectivity index (χ4v) is 10.3. The van der Waals surface area contributed by atoms with Crippen LogP contribution in [-0.4, -0.2) is 4.57 Å². The van der Waals surface area contributed by atoms with Gasteiger partial charge in [0.1, 0.15) is 11.2 Å². The number of hydrogen-bond donors (Lipinski definition) is 0. The van der Waals surface area contributed by atoms with Gasteiger partial charge < -0.3 is 13.9 Å². The number of para-hydroxylation sites is 3. The third kappa shape index (κ3) is 5.46. The molecule has 1 aliphatic rings. The molecule has 10 aromatic carbocycles. The van der Waals surface area contributed by atoms with Crippen LogP contribution in [0.5, 0.6) is 0 Å². The maximum Gasteiger partial charge on any atom is 0.136 e. The van der Waals surface area contributed by atoms with Crippen LogP contribution in [0.15, 0.2) is 205 Å². The molecule has 2 heterocycles. The minimum Gasteiger partial charge on any atom is -0.456 e. The maximum absolute atomic E-state index is 6.49. The first-order chi connectivity index (χ1) is 30.9. The van der Waals surface area contributed by atoms with Crippen molar-refractivity contribution in [1.82, 2.24) is 4.57 Å². The lowest BCUT2D eigenvalue weighted by molar-refractivity contribution is 0.590. The van der Waals surface area contributed by atoms with Crippen LogP contribution < -0.4 is 4.90 Å². The van der Waals surface area contributed by atoms with E-state index in [9.17, 15) is 0 Å². The van der Waals surface area contributed by atoms with Crippen molar-refractivity contribution in [2.24, 2.45) is 0 Å². The Morgan fingerprint density at radius 1 is 0.429 bits per heavy atom. The Labute approximate surface area is 365 Å². The van der Waals surface area contributed by atoms with E-state index in [1.807, 2.05) is 6.07 Å². The zero-order valence-electron chi connectivity index (χ0n) is 35.4. The average molecular weight is 807 g/mol. The summed E-state index contributed by atoms with van der Waals surface area (Å²) in [5, 5.41) is 9.73. The van der Waals surface area contributed by atoms with Crippen molar-refractivity contribution >= 4 is 82.4 Å². The van der Waals surface area contributed by atoms with Crippen molar-refractivity contribution < 1.29 is 4.42 Å². The molecular weight excluding hydrogens is 765 g/mol. The molecule has 0 radical (unpaired) electrons. The molecule has 298 valence electrons. The maximum atomic E-state index is 6.49. The number of anilines is 3. The van der Waals surface area contributed by atoms with E-state index in [-0.39, 0.29) is 5.41 Å². The highest BCUT2D eigenvalue weighted by Gasteiger charge is 2.27. The van der Waals surface area contributed by atoms with Gasteiger partial charge in [-0.2, -0.15) is 0 Å². The Bertz CT molecular complexity index is 3770. The first kappa shape index (κ1) is 35.8. The third-order valence-corrected chi connectivity index (χ3v) is 13.4. The lowest BCUT2D eigenvalue weighted by Gasteiger charge is -2.30. The molecule has 2 aromatic heterocycles. The number of fused-ring (bicyclic) bond motifs is 12. The molecule has 0 unspecified atom stereocenters. The number of furan rings is 1. The van der Waals surface area contributed by atoms with Gasteiger partial charge >= 0.3 is 0 Å². The van der Waals surface area contributed by atoms with Crippen molar-refractivity contribution in [3.05, 3.63) is 206 Å². The van der Waals surface area contributed by atoms with Gasteiger partial charge in [0.15, 0.2) is 0 Å². The Morgan fingerprint density at radius 3 is 1.65 bits per heavy atom. The summed E-state index contributed by atoms with van der Waals surface area (Å²) in [6, 6.07) is 73.6. The van der Waals surface area contributed by atoms with E-state index in [4.69, 9.17) is 4.42 Å². The molecule has 13 rings (SSSR count). The van der Waals surface area contributed by atoms with Gasteiger partial charge in [-0.05, 0) is 151 Å². The van der Waals surface area contributed by atoms with Crippen LogP contribution >= 0.6 is 0 Å². The highest BCUT2D eigenvalue weighted by molar-refractivity contribution is 6.17. The van der Waals surface area contributed by atoms with Crippen LogP contribution in [0.25, 0.3) is 104 Å². The van der Waals surface area contributed by atoms with Crippen LogP contribution in [0.4, 0.5) is 17.1 Å². The fraction of sp³-hybridized carbons (Fsp3) is 0.0667. The topological polar surface area (TPSA) is 21.3 Å². The van der Waals surface area contributed by atoms with E-state index < -0.39 is 0 Å². The highest BCUT2D eigenvalue weighted by Crippen LogP contribution is 2.52. The second-order valence-corrected chi connectivity index (χ2v) is 18.2. The Balaban J connectivity index is 0.957. The van der Waals surface area contributed by atoms with E-state index in [1.165, 1.54) is 76.9 Å². The van der Waals surface area contributed by atoms with Crippen molar-refractivity contribution in [3.8, 4) is 39.1 Å². The van der Waals surface area contributed by atoms with Crippen LogP contribution in [-0.2, 0) is 5.41 Å². The smallest absolute Gasteiger partial charge is 0.136 e. The molecule has 0 amide bonds. The van der Waals surface area contributed by atoms with Gasteiger partial charge in [0.25, 0.3) is 0 Å². The predicted molar refractivity (Wildman–Crippen MR) is 266 cm³/mol. The summed E-state index contributed by atoms with van der Waals surface area (Å²) in [5.74, 6) is 0. The molecule has 1 aliphatic carbocycles. The molecule has 0 N–H and O–H groups in total. The largest absolute Gasteiger partial charge is 0.456 e. The Morgan fingerprint density at radius 2 is 0.984 bits per heavy atom. The Hall–Kier alpha value is -7.88. The van der Waals surface area contributed by atoms with Gasteiger partial charge in [-0.15, -0.1) is 0 Å². The van der Waals surface area contributed by atoms with E-state index in [0.29, 0.717) is 0 Å². The number of nitrogens with zero attached hydrogens (tertiary/aromatic N) is 2. The molecule has 0 saturated carbocycles. The summed E-state index contributed by atoms with van der Waals surface area (Å²) >= 11 is 0. The first-order valence-corrected chi connectivity index (χ1v) is 21.9. The number of rotatable bonds is 5. The van der Waals surface area contributed by atoms with Crippen molar-refractivity contribution in [2.75, 3.05) is 4.90 Å². The summed E-state index contributed by atoms with van der Waals surface area (Å²) in [4.78, 5) is 2.44. The minimum absolute atomic E-state index is 0.0360. The molecule has 12 aromatic rings. The molecule has 0 spiro atoms. The molecule has 3 heteroatoms. The van der Waals surface area contributed by atoms with Gasteiger partial charge in [-0.25, -0.2) is 0 Å². The van der Waals surface area contributed by atoms with E-state index >= 15 is 0 Å². The highest BCUT2D eigenvalue weighted by atomic mass is 16.3. The van der Waals surface area contributed by atoms with Gasteiger partial charge in [-0.1, -0.05) is 130 Å². The summed E-state index contributed by atoms with van der Waals surface area (Å²) in [6.45, 7) is 6.82. The second kappa shape index (κ2) is 13.3. The third-order valence-electron chi connectivity index (χ3n) is 13.4. The van der Waals surface area contributed by atoms with Crippen LogP contribution in [0.3, 0.4) is 0 Å². The van der Waals surface area contributed by atoms with Gasteiger partial charge in [0, 0.05) is 44.2 Å². The number of benzene rings is 10. The fourth-order valence-electron chi connectivity index (χ4n) is 10.3. The molecule has 0 aliphatic heterocycles. The van der Waals surface area contributed by atoms with E-state index in [2.05, 4.69) is 224 Å². The second-order valence-electron chi connectivity index (χ2n) is 18.2. The first-order valence-electron chi connectivity index (χ1n) is 21.9. The van der Waals surface area contributed by atoms with Crippen molar-refractivity contribution in [3.63, 3.8) is 0 Å². The quantitative estimate of drug-likeness (QED) is 0.173. The zero-order chi connectivity index (χ0) is 42.0. The molecule has 0 saturated heterocycles. The molecule has 0 fully saturated rings. The Kier molecular flexibility index (Phi) is 7.57. The van der Waals surface area contributed by atoms with Gasteiger partial charge in [0.2, 0.25) is 0 Å². The minimum atomic E-state index is 0.0360. The summed E-state index contributed by atoms with van der Waals surface area (Å²) in [6.07, 6.45) is 0. The lowest BCUT2D eigenvalue weighted by Crippen LogP contribution is -2.14. The average Bonchev–Trinajstić information content (AvgIpc) is 3.86. The number of aromatic nitrogens is 1. The molecule has 0 bridgehead atoms. The monoisotopic (exact) mass is 806 g/mol. The van der Waals surface area contributed by atoms with Crippen molar-refractivity contribution in [2.45, 2.75) is 26.2 Å². The standard InChI is InChI=1S/C60H42N2O/c1-60(2,3)42-23-27-43(28-24-42)61(55-29-30-57-59(48-17-9-12-20-56(48)63-57)58(55)37-13-5-4-6-14-37)44-25-21-38-33-49-51(35-40(38)31-44)50-34-39-22-26-45(32-41(39)36-52(49)50)62-53-18-10-7-15-46(53)47-16-8-11-19-54(47)62/h4-36H,1-3H3. The SMILES string of the molecule is CC(C)(C)c1ccc(N(c2ccc3cc4c(cc3c2)-c2cc3ccc(-n5c6ccccc6c6ccccc65)cc3cc2-4)c2ccc3oc4ccccc4c3c2-c2ccccc2)cc1. The summed E-state index contributed by atoms with van der Waals surface area (Å²) in [5.41, 5.74) is 17.6. The lowest BCUT2D eigenvalue weighted by atomic mass is 9.78. The molecular formula is C60H42N2O. The zero-order valence-corrected chi connectivity index (χ0v) is 35.4. The molecule has 63 heavy (non-hydrogen) atoms.